The van der Waals surface area contributed by atoms with Gasteiger partial charge in [-0.2, -0.15) is 0 Å². The van der Waals surface area contributed by atoms with Crippen LogP contribution in [0, 0.1) is 0 Å². The van der Waals surface area contributed by atoms with Gasteiger partial charge in [0, 0.05) is 43.2 Å². The SMILES string of the molecule is COC(=O)CCCCCCN1C2CCCC1CC(NC(=O)c1ccc(NC(C)=O)cc1OC)C2. The smallest absolute Gasteiger partial charge is 0.305 e. The minimum atomic E-state index is -0.168. The van der Waals surface area contributed by atoms with Crippen molar-refractivity contribution in [2.75, 3.05) is 26.1 Å². The van der Waals surface area contributed by atoms with Crippen LogP contribution in [-0.2, 0) is 14.3 Å². The number of rotatable bonds is 11. The molecule has 0 radical (unpaired) electrons. The summed E-state index contributed by atoms with van der Waals surface area (Å²) >= 11 is 0. The highest BCUT2D eigenvalue weighted by atomic mass is 16.5. The molecule has 2 amide bonds. The third kappa shape index (κ3) is 7.19. The Balaban J connectivity index is 1.50. The number of esters is 1. The van der Waals surface area contributed by atoms with Crippen LogP contribution in [0.4, 0.5) is 5.69 Å². The van der Waals surface area contributed by atoms with Gasteiger partial charge in [0.15, 0.2) is 0 Å². The summed E-state index contributed by atoms with van der Waals surface area (Å²) in [5.41, 5.74) is 1.09. The van der Waals surface area contributed by atoms with Gasteiger partial charge in [-0.3, -0.25) is 19.3 Å². The predicted molar refractivity (Wildman–Crippen MR) is 131 cm³/mol. The molecule has 2 heterocycles. The molecule has 2 N–H and O–H groups in total. The summed E-state index contributed by atoms with van der Waals surface area (Å²) < 4.78 is 10.1. The fourth-order valence-electron chi connectivity index (χ4n) is 5.40. The van der Waals surface area contributed by atoms with Crippen molar-refractivity contribution in [3.05, 3.63) is 23.8 Å². The summed E-state index contributed by atoms with van der Waals surface area (Å²) in [5.74, 6) is 0.0284. The number of hydrogen-bond donors (Lipinski definition) is 2. The standard InChI is InChI=1S/C26H39N3O5/c1-18(30)27-19-12-13-23(24(17-19)33-2)26(32)28-20-15-21-9-8-10-22(16-20)29(21)14-7-5-4-6-11-25(31)34-3/h12-13,17,20-22H,4-11,14-16H2,1-3H3,(H,27,30)(H,28,32). The van der Waals surface area contributed by atoms with Crippen molar-refractivity contribution in [3.63, 3.8) is 0 Å². The molecule has 188 valence electrons. The molecule has 34 heavy (non-hydrogen) atoms. The van der Waals surface area contributed by atoms with Gasteiger partial charge < -0.3 is 20.1 Å². The van der Waals surface area contributed by atoms with Crippen molar-refractivity contribution >= 4 is 23.5 Å². The molecule has 0 aromatic heterocycles. The molecule has 2 bridgehead atoms. The molecule has 8 heteroatoms. The molecule has 2 fully saturated rings. The fourth-order valence-corrected chi connectivity index (χ4v) is 5.40. The van der Waals surface area contributed by atoms with Crippen LogP contribution in [0.15, 0.2) is 18.2 Å². The number of unbranched alkanes of at least 4 members (excludes halogenated alkanes) is 3. The summed E-state index contributed by atoms with van der Waals surface area (Å²) in [6.07, 6.45) is 10.3. The lowest BCUT2D eigenvalue weighted by Gasteiger charge is -2.49. The van der Waals surface area contributed by atoms with E-state index >= 15 is 0 Å². The van der Waals surface area contributed by atoms with E-state index in [1.54, 1.807) is 18.2 Å². The zero-order valence-corrected chi connectivity index (χ0v) is 20.7. The number of methoxy groups -OCH3 is 2. The maximum Gasteiger partial charge on any atom is 0.305 e. The molecule has 1 aromatic carbocycles. The number of benzene rings is 1. The van der Waals surface area contributed by atoms with Crippen LogP contribution >= 0.6 is 0 Å². The molecule has 0 saturated carbocycles. The van der Waals surface area contributed by atoms with Crippen LogP contribution < -0.4 is 15.4 Å². The average molecular weight is 474 g/mol. The molecule has 8 nitrogen and oxygen atoms in total. The molecule has 0 spiro atoms. The van der Waals surface area contributed by atoms with E-state index in [1.165, 1.54) is 40.4 Å². The molecule has 2 atom stereocenters. The minimum Gasteiger partial charge on any atom is -0.496 e. The van der Waals surface area contributed by atoms with Crippen LogP contribution in [0.5, 0.6) is 5.75 Å². The molecule has 1 aromatic rings. The summed E-state index contributed by atoms with van der Waals surface area (Å²) in [6, 6.07) is 6.28. The quantitative estimate of drug-likeness (QED) is 0.374. The molecule has 2 aliphatic heterocycles. The largest absolute Gasteiger partial charge is 0.496 e. The third-order valence-electron chi connectivity index (χ3n) is 7.00. The van der Waals surface area contributed by atoms with Crippen LogP contribution in [-0.4, -0.2) is 61.6 Å². The van der Waals surface area contributed by atoms with E-state index in [0.717, 1.165) is 45.1 Å². The van der Waals surface area contributed by atoms with Crippen molar-refractivity contribution in [1.82, 2.24) is 10.2 Å². The van der Waals surface area contributed by atoms with Gasteiger partial charge in [-0.05, 0) is 57.2 Å². The van der Waals surface area contributed by atoms with Crippen molar-refractivity contribution < 1.29 is 23.9 Å². The average Bonchev–Trinajstić information content (AvgIpc) is 2.80. The molecular formula is C26H39N3O5. The van der Waals surface area contributed by atoms with Gasteiger partial charge >= 0.3 is 5.97 Å². The fraction of sp³-hybridized carbons (Fsp3) is 0.654. The Morgan fingerprint density at radius 2 is 1.74 bits per heavy atom. The number of nitrogens with zero attached hydrogens (tertiary/aromatic N) is 1. The van der Waals surface area contributed by atoms with Gasteiger partial charge in [0.05, 0.1) is 19.8 Å². The Morgan fingerprint density at radius 3 is 2.38 bits per heavy atom. The summed E-state index contributed by atoms with van der Waals surface area (Å²) in [4.78, 5) is 38.2. The first kappa shape index (κ1) is 26.0. The second-order valence-corrected chi connectivity index (χ2v) is 9.45. The number of anilines is 1. The maximum absolute atomic E-state index is 13.0. The lowest BCUT2D eigenvalue weighted by atomic mass is 9.81. The molecule has 2 saturated heterocycles. The minimum absolute atomic E-state index is 0.125. The van der Waals surface area contributed by atoms with E-state index < -0.39 is 0 Å². The molecular weight excluding hydrogens is 434 g/mol. The van der Waals surface area contributed by atoms with Crippen LogP contribution in [0.3, 0.4) is 0 Å². The lowest BCUT2D eigenvalue weighted by molar-refractivity contribution is -0.140. The third-order valence-corrected chi connectivity index (χ3v) is 7.00. The van der Waals surface area contributed by atoms with E-state index in [2.05, 4.69) is 15.5 Å². The summed E-state index contributed by atoms with van der Waals surface area (Å²) in [6.45, 7) is 2.54. The van der Waals surface area contributed by atoms with E-state index in [1.807, 2.05) is 0 Å². The van der Waals surface area contributed by atoms with Crippen LogP contribution in [0.25, 0.3) is 0 Å². The lowest BCUT2D eigenvalue weighted by Crippen LogP contribution is -2.57. The Morgan fingerprint density at radius 1 is 1.03 bits per heavy atom. The molecule has 0 aliphatic carbocycles. The number of nitrogens with one attached hydrogen (secondary N) is 2. The molecule has 2 aliphatic rings. The Labute approximate surface area is 202 Å². The monoisotopic (exact) mass is 473 g/mol. The second kappa shape index (κ2) is 12.7. The van der Waals surface area contributed by atoms with Crippen molar-refractivity contribution in [2.24, 2.45) is 0 Å². The van der Waals surface area contributed by atoms with E-state index in [4.69, 9.17) is 9.47 Å². The van der Waals surface area contributed by atoms with Crippen molar-refractivity contribution in [1.29, 1.82) is 0 Å². The number of hydrogen-bond acceptors (Lipinski definition) is 6. The van der Waals surface area contributed by atoms with Crippen molar-refractivity contribution in [2.45, 2.75) is 89.3 Å². The highest BCUT2D eigenvalue weighted by Gasteiger charge is 2.38. The van der Waals surface area contributed by atoms with Gasteiger partial charge in [0.25, 0.3) is 5.91 Å². The van der Waals surface area contributed by atoms with Crippen molar-refractivity contribution in [3.8, 4) is 5.75 Å². The van der Waals surface area contributed by atoms with E-state index in [9.17, 15) is 14.4 Å². The predicted octanol–water partition coefficient (Wildman–Crippen LogP) is 3.89. The van der Waals surface area contributed by atoms with Gasteiger partial charge in [-0.25, -0.2) is 0 Å². The second-order valence-electron chi connectivity index (χ2n) is 9.45. The first-order chi connectivity index (χ1) is 16.4. The molecule has 2 unspecified atom stereocenters. The zero-order valence-electron chi connectivity index (χ0n) is 20.7. The van der Waals surface area contributed by atoms with Gasteiger partial charge in [0.1, 0.15) is 5.75 Å². The normalized spacial score (nSPS) is 22.0. The van der Waals surface area contributed by atoms with E-state index in [-0.39, 0.29) is 23.8 Å². The summed E-state index contributed by atoms with van der Waals surface area (Å²) in [7, 11) is 2.97. The Kier molecular flexibility index (Phi) is 9.74. The van der Waals surface area contributed by atoms with Crippen LogP contribution in [0.2, 0.25) is 0 Å². The van der Waals surface area contributed by atoms with Gasteiger partial charge in [-0.1, -0.05) is 19.3 Å². The topological polar surface area (TPSA) is 97.0 Å². The first-order valence-corrected chi connectivity index (χ1v) is 12.5. The Hall–Kier alpha value is -2.61. The van der Waals surface area contributed by atoms with E-state index in [0.29, 0.717) is 35.5 Å². The number of piperidine rings is 2. The number of amides is 2. The molecule has 3 rings (SSSR count). The zero-order chi connectivity index (χ0) is 24.5. The van der Waals surface area contributed by atoms with Crippen LogP contribution in [0.1, 0.15) is 81.5 Å². The van der Waals surface area contributed by atoms with Gasteiger partial charge in [-0.15, -0.1) is 0 Å². The highest BCUT2D eigenvalue weighted by Crippen LogP contribution is 2.35. The first-order valence-electron chi connectivity index (χ1n) is 12.5. The number of carbonyl (C=O) groups excluding carboxylic acids is 3. The summed E-state index contributed by atoms with van der Waals surface area (Å²) in [5, 5.41) is 5.96. The number of ether oxygens (including phenoxy) is 2. The van der Waals surface area contributed by atoms with Gasteiger partial charge in [0.2, 0.25) is 5.91 Å². The number of carbonyl (C=O) groups is 3. The maximum atomic E-state index is 13.0. The highest BCUT2D eigenvalue weighted by molar-refractivity contribution is 5.98. The Bertz CT molecular complexity index is 845. The number of fused-ring (bicyclic) bond motifs is 2.